The number of aliphatic hydroxyl groups is 1. The van der Waals surface area contributed by atoms with Crippen LogP contribution >= 0.6 is 22.6 Å². The van der Waals surface area contributed by atoms with Crippen molar-refractivity contribution in [2.24, 2.45) is 0 Å². The van der Waals surface area contributed by atoms with Crippen molar-refractivity contribution in [1.29, 1.82) is 0 Å². The van der Waals surface area contributed by atoms with Crippen molar-refractivity contribution in [2.75, 3.05) is 18.5 Å². The predicted octanol–water partition coefficient (Wildman–Crippen LogP) is 3.59. The van der Waals surface area contributed by atoms with Crippen molar-refractivity contribution in [3.8, 4) is 5.75 Å². The van der Waals surface area contributed by atoms with E-state index in [0.717, 1.165) is 20.6 Å². The van der Waals surface area contributed by atoms with Gasteiger partial charge in [0.15, 0.2) is 0 Å². The third-order valence-corrected chi connectivity index (χ3v) is 3.82. The standard InChI is InChI=1S/C16H17FINO2/c1-11-2-5-14(6-3-11)21-10-13(20)9-19-16-7-4-12(17)8-15(16)18/h2-8,13,19-20H,9-10H2,1H3. The van der Waals surface area contributed by atoms with Gasteiger partial charge in [0.1, 0.15) is 24.3 Å². The van der Waals surface area contributed by atoms with Crippen LogP contribution in [0.5, 0.6) is 5.75 Å². The number of anilines is 1. The Morgan fingerprint density at radius 1 is 1.24 bits per heavy atom. The average molecular weight is 401 g/mol. The summed E-state index contributed by atoms with van der Waals surface area (Å²) in [4.78, 5) is 0. The Hall–Kier alpha value is -1.34. The number of benzene rings is 2. The lowest BCUT2D eigenvalue weighted by molar-refractivity contribution is 0.117. The molecule has 1 atom stereocenters. The lowest BCUT2D eigenvalue weighted by Gasteiger charge is -2.15. The SMILES string of the molecule is Cc1ccc(OCC(O)CNc2ccc(F)cc2I)cc1. The van der Waals surface area contributed by atoms with Gasteiger partial charge in [0.2, 0.25) is 0 Å². The Labute approximate surface area is 137 Å². The number of aliphatic hydroxyl groups excluding tert-OH is 1. The first-order valence-electron chi connectivity index (χ1n) is 6.61. The highest BCUT2D eigenvalue weighted by molar-refractivity contribution is 14.1. The van der Waals surface area contributed by atoms with Crippen LogP contribution in [-0.4, -0.2) is 24.4 Å². The average Bonchev–Trinajstić information content (AvgIpc) is 2.46. The van der Waals surface area contributed by atoms with Crippen molar-refractivity contribution in [3.05, 3.63) is 57.4 Å². The fourth-order valence-electron chi connectivity index (χ4n) is 1.75. The molecule has 0 aliphatic carbocycles. The van der Waals surface area contributed by atoms with Crippen molar-refractivity contribution in [3.63, 3.8) is 0 Å². The summed E-state index contributed by atoms with van der Waals surface area (Å²) in [5.74, 6) is 0.462. The van der Waals surface area contributed by atoms with Crippen LogP contribution in [0.1, 0.15) is 5.56 Å². The molecule has 0 aliphatic rings. The zero-order valence-electron chi connectivity index (χ0n) is 11.6. The molecule has 2 aromatic rings. The molecule has 0 saturated carbocycles. The van der Waals surface area contributed by atoms with Crippen molar-refractivity contribution in [2.45, 2.75) is 13.0 Å². The Balaban J connectivity index is 1.79. The highest BCUT2D eigenvalue weighted by Gasteiger charge is 2.07. The van der Waals surface area contributed by atoms with Crippen LogP contribution in [0.15, 0.2) is 42.5 Å². The third kappa shape index (κ3) is 5.17. The number of aryl methyl sites for hydroxylation is 1. The molecule has 0 heterocycles. The van der Waals surface area contributed by atoms with Gasteiger partial charge >= 0.3 is 0 Å². The zero-order valence-corrected chi connectivity index (χ0v) is 13.8. The van der Waals surface area contributed by atoms with Crippen molar-refractivity contribution in [1.82, 2.24) is 0 Å². The van der Waals surface area contributed by atoms with Crippen LogP contribution < -0.4 is 10.1 Å². The summed E-state index contributed by atoms with van der Waals surface area (Å²) in [7, 11) is 0. The quantitative estimate of drug-likeness (QED) is 0.728. The molecule has 112 valence electrons. The summed E-state index contributed by atoms with van der Waals surface area (Å²) in [5, 5.41) is 13.0. The Bertz CT molecular complexity index is 589. The van der Waals surface area contributed by atoms with E-state index in [9.17, 15) is 9.50 Å². The topological polar surface area (TPSA) is 41.5 Å². The van der Waals surface area contributed by atoms with Gasteiger partial charge < -0.3 is 15.2 Å². The van der Waals surface area contributed by atoms with Gasteiger partial charge in [-0.05, 0) is 59.8 Å². The maximum absolute atomic E-state index is 13.0. The molecule has 0 radical (unpaired) electrons. The van der Waals surface area contributed by atoms with Gasteiger partial charge in [0, 0.05) is 15.8 Å². The molecule has 0 saturated heterocycles. The first-order valence-corrected chi connectivity index (χ1v) is 7.69. The van der Waals surface area contributed by atoms with Gasteiger partial charge in [0.25, 0.3) is 0 Å². The van der Waals surface area contributed by atoms with Gasteiger partial charge in [-0.3, -0.25) is 0 Å². The van der Waals surface area contributed by atoms with Crippen LogP contribution in [0, 0.1) is 16.3 Å². The number of rotatable bonds is 6. The molecule has 0 aromatic heterocycles. The van der Waals surface area contributed by atoms with E-state index in [4.69, 9.17) is 4.74 Å². The number of ether oxygens (including phenoxy) is 1. The van der Waals surface area contributed by atoms with E-state index in [0.29, 0.717) is 6.54 Å². The summed E-state index contributed by atoms with van der Waals surface area (Å²) in [5.41, 5.74) is 1.96. The lowest BCUT2D eigenvalue weighted by atomic mass is 10.2. The molecule has 2 aromatic carbocycles. The minimum atomic E-state index is -0.646. The summed E-state index contributed by atoms with van der Waals surface area (Å²) < 4.78 is 19.3. The van der Waals surface area contributed by atoms with E-state index < -0.39 is 6.10 Å². The fraction of sp³-hybridized carbons (Fsp3) is 0.250. The van der Waals surface area contributed by atoms with E-state index in [-0.39, 0.29) is 12.4 Å². The smallest absolute Gasteiger partial charge is 0.124 e. The van der Waals surface area contributed by atoms with E-state index in [1.54, 1.807) is 6.07 Å². The van der Waals surface area contributed by atoms with Gasteiger partial charge in [-0.15, -0.1) is 0 Å². The van der Waals surface area contributed by atoms with E-state index in [1.165, 1.54) is 12.1 Å². The third-order valence-electron chi connectivity index (χ3n) is 2.92. The van der Waals surface area contributed by atoms with Crippen molar-refractivity contribution >= 4 is 28.3 Å². The van der Waals surface area contributed by atoms with Gasteiger partial charge in [0.05, 0.1) is 0 Å². The van der Waals surface area contributed by atoms with Crippen LogP contribution in [0.4, 0.5) is 10.1 Å². The summed E-state index contributed by atoms with van der Waals surface area (Å²) in [6.07, 6.45) is -0.646. The molecule has 0 amide bonds. The van der Waals surface area contributed by atoms with Crippen LogP contribution in [0.3, 0.4) is 0 Å². The molecule has 1 unspecified atom stereocenters. The highest BCUT2D eigenvalue weighted by Crippen LogP contribution is 2.19. The van der Waals surface area contributed by atoms with E-state index in [1.807, 2.05) is 31.2 Å². The predicted molar refractivity (Wildman–Crippen MR) is 90.3 cm³/mol. The monoisotopic (exact) mass is 401 g/mol. The second-order valence-corrected chi connectivity index (χ2v) is 5.95. The Morgan fingerprint density at radius 3 is 2.62 bits per heavy atom. The summed E-state index contributed by atoms with van der Waals surface area (Å²) in [6.45, 7) is 2.55. The minimum Gasteiger partial charge on any atom is -0.491 e. The molecule has 21 heavy (non-hydrogen) atoms. The van der Waals surface area contributed by atoms with Crippen LogP contribution in [0.2, 0.25) is 0 Å². The van der Waals surface area contributed by atoms with E-state index in [2.05, 4.69) is 27.9 Å². The Morgan fingerprint density at radius 2 is 1.95 bits per heavy atom. The molecule has 3 nitrogen and oxygen atoms in total. The van der Waals surface area contributed by atoms with Gasteiger partial charge in [-0.1, -0.05) is 17.7 Å². The molecule has 0 bridgehead atoms. The summed E-state index contributed by atoms with van der Waals surface area (Å²) in [6, 6.07) is 12.2. The first kappa shape index (κ1) is 16.0. The number of hydrogen-bond acceptors (Lipinski definition) is 3. The molecule has 0 fully saturated rings. The van der Waals surface area contributed by atoms with Gasteiger partial charge in [-0.2, -0.15) is 0 Å². The largest absolute Gasteiger partial charge is 0.491 e. The first-order chi connectivity index (χ1) is 10.0. The second-order valence-electron chi connectivity index (χ2n) is 4.78. The van der Waals surface area contributed by atoms with E-state index >= 15 is 0 Å². The normalized spacial score (nSPS) is 12.0. The fourth-order valence-corrected chi connectivity index (χ4v) is 2.41. The molecule has 2 N–H and O–H groups in total. The van der Waals surface area contributed by atoms with Crippen LogP contribution in [-0.2, 0) is 0 Å². The molecular weight excluding hydrogens is 384 g/mol. The Kier molecular flexibility index (Phi) is 5.81. The molecule has 2 rings (SSSR count). The lowest BCUT2D eigenvalue weighted by Crippen LogP contribution is -2.26. The molecule has 0 aliphatic heterocycles. The highest BCUT2D eigenvalue weighted by atomic mass is 127. The molecule has 5 heteroatoms. The maximum Gasteiger partial charge on any atom is 0.124 e. The second kappa shape index (κ2) is 7.61. The molecule has 0 spiro atoms. The zero-order chi connectivity index (χ0) is 15.2. The molecular formula is C16H17FINO2. The van der Waals surface area contributed by atoms with Crippen LogP contribution in [0.25, 0.3) is 0 Å². The van der Waals surface area contributed by atoms with Gasteiger partial charge in [-0.25, -0.2) is 4.39 Å². The van der Waals surface area contributed by atoms with Crippen molar-refractivity contribution < 1.29 is 14.2 Å². The maximum atomic E-state index is 13.0. The summed E-state index contributed by atoms with van der Waals surface area (Å²) >= 11 is 2.05. The minimum absolute atomic E-state index is 0.202. The number of halogens is 2. The number of hydrogen-bond donors (Lipinski definition) is 2. The number of nitrogens with one attached hydrogen (secondary N) is 1.